The first-order chi connectivity index (χ1) is 7.70. The number of nitrogens with one attached hydrogen (secondary N) is 1. The number of nitrogens with zero attached hydrogens (tertiary/aromatic N) is 1. The Balaban J connectivity index is 0.000000181. The van der Waals surface area contributed by atoms with Crippen LogP contribution < -0.4 is 11.1 Å². The standard InChI is InChI=1S/C6H6N2O2.C4H9NO/c7-5-1-3-6(4-2-5)8(9)10;1-3-6-4-2-5-1/h1-4H,7H2;5H,1-4H2. The average Bonchev–Trinajstić information content (AvgIpc) is 2.32. The second-order valence-electron chi connectivity index (χ2n) is 3.21. The van der Waals surface area contributed by atoms with Crippen LogP contribution in [0.3, 0.4) is 0 Å². The summed E-state index contributed by atoms with van der Waals surface area (Å²) in [6, 6.07) is 5.74. The second kappa shape index (κ2) is 6.76. The number of anilines is 1. The van der Waals surface area contributed by atoms with Gasteiger partial charge in [0.15, 0.2) is 0 Å². The number of nitrogens with two attached hydrogens (primary N) is 1. The maximum atomic E-state index is 10.1. The summed E-state index contributed by atoms with van der Waals surface area (Å²) >= 11 is 0. The number of nitrogen functional groups attached to an aromatic ring is 1. The van der Waals surface area contributed by atoms with Gasteiger partial charge in [-0.25, -0.2) is 0 Å². The lowest BCUT2D eigenvalue weighted by atomic mass is 10.3. The Bertz CT molecular complexity index is 311. The fourth-order valence-corrected chi connectivity index (χ4v) is 1.11. The zero-order valence-electron chi connectivity index (χ0n) is 8.89. The largest absolute Gasteiger partial charge is 0.399 e. The first-order valence-corrected chi connectivity index (χ1v) is 4.98. The Morgan fingerprint density at radius 2 is 1.81 bits per heavy atom. The van der Waals surface area contributed by atoms with E-state index >= 15 is 0 Å². The van der Waals surface area contributed by atoms with Gasteiger partial charge >= 0.3 is 0 Å². The Morgan fingerprint density at radius 1 is 1.25 bits per heavy atom. The highest BCUT2D eigenvalue weighted by atomic mass is 16.6. The lowest BCUT2D eigenvalue weighted by Crippen LogP contribution is -2.30. The summed E-state index contributed by atoms with van der Waals surface area (Å²) in [5.41, 5.74) is 5.90. The van der Waals surface area contributed by atoms with Gasteiger partial charge in [-0.05, 0) is 12.1 Å². The maximum absolute atomic E-state index is 10.1. The third-order valence-electron chi connectivity index (χ3n) is 1.95. The molecule has 1 fully saturated rings. The first kappa shape index (κ1) is 12.4. The Morgan fingerprint density at radius 3 is 2.12 bits per heavy atom. The molecule has 16 heavy (non-hydrogen) atoms. The van der Waals surface area contributed by atoms with Gasteiger partial charge in [0.05, 0.1) is 18.1 Å². The van der Waals surface area contributed by atoms with Crippen LogP contribution in [0.5, 0.6) is 0 Å². The van der Waals surface area contributed by atoms with Crippen LogP contribution >= 0.6 is 0 Å². The number of ether oxygens (including phenoxy) is 1. The summed E-state index contributed by atoms with van der Waals surface area (Å²) in [4.78, 5) is 9.62. The Labute approximate surface area is 93.5 Å². The second-order valence-corrected chi connectivity index (χ2v) is 3.21. The highest BCUT2D eigenvalue weighted by molar-refractivity contribution is 5.44. The summed E-state index contributed by atoms with van der Waals surface area (Å²) in [7, 11) is 0. The van der Waals surface area contributed by atoms with Gasteiger partial charge in [0.1, 0.15) is 0 Å². The number of hydrogen-bond donors (Lipinski definition) is 2. The normalized spacial score (nSPS) is 14.8. The van der Waals surface area contributed by atoms with Gasteiger partial charge in [-0.2, -0.15) is 0 Å². The summed E-state index contributed by atoms with van der Waals surface area (Å²) in [5.74, 6) is 0. The highest BCUT2D eigenvalue weighted by Crippen LogP contribution is 2.11. The maximum Gasteiger partial charge on any atom is 0.269 e. The molecule has 0 aromatic heterocycles. The molecule has 3 N–H and O–H groups in total. The molecule has 1 saturated heterocycles. The number of rotatable bonds is 1. The molecule has 1 heterocycles. The van der Waals surface area contributed by atoms with E-state index in [0.29, 0.717) is 5.69 Å². The molecule has 88 valence electrons. The van der Waals surface area contributed by atoms with Gasteiger partial charge in [-0.3, -0.25) is 10.1 Å². The van der Waals surface area contributed by atoms with Crippen LogP contribution in [0.4, 0.5) is 11.4 Å². The highest BCUT2D eigenvalue weighted by Gasteiger charge is 2.00. The smallest absolute Gasteiger partial charge is 0.269 e. The Hall–Kier alpha value is -1.66. The first-order valence-electron chi connectivity index (χ1n) is 4.98. The number of nitro groups is 1. The van der Waals surface area contributed by atoms with Crippen molar-refractivity contribution in [3.8, 4) is 0 Å². The molecule has 6 heteroatoms. The molecule has 0 amide bonds. The van der Waals surface area contributed by atoms with Gasteiger partial charge in [0.25, 0.3) is 5.69 Å². The van der Waals surface area contributed by atoms with Crippen molar-refractivity contribution in [1.29, 1.82) is 0 Å². The average molecular weight is 225 g/mol. The molecule has 6 nitrogen and oxygen atoms in total. The zero-order chi connectivity index (χ0) is 11.8. The van der Waals surface area contributed by atoms with E-state index in [1.54, 1.807) is 0 Å². The molecule has 0 spiro atoms. The van der Waals surface area contributed by atoms with Gasteiger partial charge < -0.3 is 15.8 Å². The van der Waals surface area contributed by atoms with Gasteiger partial charge in [-0.1, -0.05) is 0 Å². The molecule has 1 aliphatic heterocycles. The molecule has 0 atom stereocenters. The van der Waals surface area contributed by atoms with E-state index in [9.17, 15) is 10.1 Å². The van der Waals surface area contributed by atoms with Crippen molar-refractivity contribution in [3.05, 3.63) is 34.4 Å². The van der Waals surface area contributed by atoms with E-state index in [1.165, 1.54) is 24.3 Å². The van der Waals surface area contributed by atoms with Crippen molar-refractivity contribution in [2.24, 2.45) is 0 Å². The topological polar surface area (TPSA) is 90.4 Å². The number of benzene rings is 1. The SMILES string of the molecule is C1COCCN1.Nc1ccc([N+](=O)[O-])cc1. The summed E-state index contributed by atoms with van der Waals surface area (Å²) in [5, 5.41) is 13.2. The monoisotopic (exact) mass is 225 g/mol. The molecule has 0 saturated carbocycles. The fourth-order valence-electron chi connectivity index (χ4n) is 1.11. The molecule has 1 aromatic carbocycles. The third-order valence-corrected chi connectivity index (χ3v) is 1.95. The minimum Gasteiger partial charge on any atom is -0.399 e. The lowest BCUT2D eigenvalue weighted by molar-refractivity contribution is -0.384. The molecule has 0 bridgehead atoms. The van der Waals surface area contributed by atoms with E-state index in [1.807, 2.05) is 0 Å². The van der Waals surface area contributed by atoms with Crippen LogP contribution in [0.1, 0.15) is 0 Å². The minimum absolute atomic E-state index is 0.0641. The van der Waals surface area contributed by atoms with Crippen molar-refractivity contribution in [3.63, 3.8) is 0 Å². The van der Waals surface area contributed by atoms with Crippen molar-refractivity contribution in [1.82, 2.24) is 5.32 Å². The predicted octanol–water partition coefficient (Wildman–Crippen LogP) is 0.783. The van der Waals surface area contributed by atoms with Gasteiger partial charge in [0.2, 0.25) is 0 Å². The number of nitro benzene ring substituents is 1. The molecule has 0 radical (unpaired) electrons. The number of non-ortho nitro benzene ring substituents is 1. The van der Waals surface area contributed by atoms with E-state index in [0.717, 1.165) is 26.3 Å². The summed E-state index contributed by atoms with van der Waals surface area (Å²) in [6.45, 7) is 3.83. The van der Waals surface area contributed by atoms with Crippen LogP contribution in [0.2, 0.25) is 0 Å². The number of morpholine rings is 1. The van der Waals surface area contributed by atoms with Crippen LogP contribution in [-0.4, -0.2) is 31.2 Å². The van der Waals surface area contributed by atoms with Gasteiger partial charge in [-0.15, -0.1) is 0 Å². The number of hydrogen-bond acceptors (Lipinski definition) is 5. The van der Waals surface area contributed by atoms with Crippen molar-refractivity contribution < 1.29 is 9.66 Å². The predicted molar refractivity (Wildman–Crippen MR) is 61.2 cm³/mol. The van der Waals surface area contributed by atoms with E-state index in [2.05, 4.69) is 5.32 Å². The lowest BCUT2D eigenvalue weighted by Gasteiger charge is -2.10. The van der Waals surface area contributed by atoms with Crippen LogP contribution in [0.25, 0.3) is 0 Å². The van der Waals surface area contributed by atoms with E-state index in [-0.39, 0.29) is 5.69 Å². The molecule has 0 aliphatic carbocycles. The molecule has 2 rings (SSSR count). The van der Waals surface area contributed by atoms with E-state index < -0.39 is 4.92 Å². The molecular formula is C10H15N3O3. The molecule has 0 unspecified atom stereocenters. The quantitative estimate of drug-likeness (QED) is 0.419. The van der Waals surface area contributed by atoms with Crippen LogP contribution in [0.15, 0.2) is 24.3 Å². The van der Waals surface area contributed by atoms with Crippen molar-refractivity contribution >= 4 is 11.4 Å². The van der Waals surface area contributed by atoms with Crippen molar-refractivity contribution in [2.75, 3.05) is 32.0 Å². The van der Waals surface area contributed by atoms with E-state index in [4.69, 9.17) is 10.5 Å². The molecule has 1 aromatic rings. The third kappa shape index (κ3) is 4.72. The molecular weight excluding hydrogens is 210 g/mol. The Kier molecular flexibility index (Phi) is 5.24. The summed E-state index contributed by atoms with van der Waals surface area (Å²) in [6.07, 6.45) is 0. The van der Waals surface area contributed by atoms with Crippen LogP contribution in [0, 0.1) is 10.1 Å². The minimum atomic E-state index is -0.459. The van der Waals surface area contributed by atoms with Gasteiger partial charge in [0, 0.05) is 30.9 Å². The zero-order valence-corrected chi connectivity index (χ0v) is 8.89. The fraction of sp³-hybridized carbons (Fsp3) is 0.400. The molecule has 1 aliphatic rings. The van der Waals surface area contributed by atoms with Crippen LogP contribution in [-0.2, 0) is 4.74 Å². The summed E-state index contributed by atoms with van der Waals surface area (Å²) < 4.78 is 5.01. The van der Waals surface area contributed by atoms with Crippen molar-refractivity contribution in [2.45, 2.75) is 0 Å².